The Kier molecular flexibility index (Phi) is 4.14. The summed E-state index contributed by atoms with van der Waals surface area (Å²) in [5.74, 6) is 0.834. The topological polar surface area (TPSA) is 44.8 Å². The average molecular weight is 295 g/mol. The standard InChI is InChI=1S/C16H29N3O2/c1-16(2,3)21-15(20)19-11-13-8-14(19)10-18(13)9-12-4-6-17-7-5-12/h12-14,17H,4-11H2,1-3H3. The Balaban J connectivity index is 1.50. The molecule has 3 heterocycles. The molecule has 21 heavy (non-hydrogen) atoms. The Labute approximate surface area is 128 Å². The average Bonchev–Trinajstić information content (AvgIpc) is 2.97. The van der Waals surface area contributed by atoms with Crippen LogP contribution in [-0.4, -0.2) is 66.3 Å². The lowest BCUT2D eigenvalue weighted by Crippen LogP contribution is -2.51. The molecule has 0 aliphatic carbocycles. The molecule has 3 rings (SSSR count). The highest BCUT2D eigenvalue weighted by Gasteiger charge is 2.46. The molecule has 1 amide bonds. The van der Waals surface area contributed by atoms with Gasteiger partial charge < -0.3 is 15.0 Å². The molecule has 2 atom stereocenters. The maximum absolute atomic E-state index is 12.2. The number of fused-ring (bicyclic) bond motifs is 2. The molecule has 0 spiro atoms. The van der Waals surface area contributed by atoms with Gasteiger partial charge in [0.2, 0.25) is 0 Å². The van der Waals surface area contributed by atoms with E-state index >= 15 is 0 Å². The van der Waals surface area contributed by atoms with Crippen molar-refractivity contribution in [3.63, 3.8) is 0 Å². The van der Waals surface area contributed by atoms with Crippen molar-refractivity contribution in [2.24, 2.45) is 5.92 Å². The van der Waals surface area contributed by atoms with Gasteiger partial charge in [0.05, 0.1) is 0 Å². The number of rotatable bonds is 2. The number of ether oxygens (including phenoxy) is 1. The molecule has 1 N–H and O–H groups in total. The van der Waals surface area contributed by atoms with E-state index < -0.39 is 5.60 Å². The van der Waals surface area contributed by atoms with Gasteiger partial charge in [0, 0.05) is 31.7 Å². The Bertz CT molecular complexity index is 387. The largest absolute Gasteiger partial charge is 0.444 e. The van der Waals surface area contributed by atoms with Gasteiger partial charge in [-0.2, -0.15) is 0 Å². The fraction of sp³-hybridized carbons (Fsp3) is 0.938. The number of nitrogens with zero attached hydrogens (tertiary/aromatic N) is 2. The van der Waals surface area contributed by atoms with Gasteiger partial charge in [-0.05, 0) is 59.0 Å². The summed E-state index contributed by atoms with van der Waals surface area (Å²) in [6, 6.07) is 0.920. The lowest BCUT2D eigenvalue weighted by Gasteiger charge is -2.37. The van der Waals surface area contributed by atoms with Crippen LogP contribution in [0, 0.1) is 5.92 Å². The summed E-state index contributed by atoms with van der Waals surface area (Å²) in [4.78, 5) is 16.8. The van der Waals surface area contributed by atoms with Gasteiger partial charge in [0.15, 0.2) is 0 Å². The van der Waals surface area contributed by atoms with E-state index in [9.17, 15) is 4.79 Å². The van der Waals surface area contributed by atoms with E-state index in [-0.39, 0.29) is 6.09 Å². The highest BCUT2D eigenvalue weighted by molar-refractivity contribution is 5.69. The maximum Gasteiger partial charge on any atom is 0.410 e. The molecular formula is C16H29N3O2. The quantitative estimate of drug-likeness (QED) is 0.842. The van der Waals surface area contributed by atoms with Gasteiger partial charge in [0.25, 0.3) is 0 Å². The zero-order chi connectivity index (χ0) is 15.0. The van der Waals surface area contributed by atoms with Gasteiger partial charge in [-0.25, -0.2) is 4.79 Å². The van der Waals surface area contributed by atoms with Crippen molar-refractivity contribution in [2.45, 2.75) is 57.7 Å². The van der Waals surface area contributed by atoms with Crippen LogP contribution in [0.5, 0.6) is 0 Å². The summed E-state index contributed by atoms with van der Waals surface area (Å²) >= 11 is 0. The van der Waals surface area contributed by atoms with Crippen molar-refractivity contribution < 1.29 is 9.53 Å². The number of piperidine rings is 1. The highest BCUT2D eigenvalue weighted by atomic mass is 16.6. The van der Waals surface area contributed by atoms with Crippen molar-refractivity contribution >= 4 is 6.09 Å². The Morgan fingerprint density at radius 2 is 1.90 bits per heavy atom. The molecule has 5 nitrogen and oxygen atoms in total. The molecule has 5 heteroatoms. The van der Waals surface area contributed by atoms with E-state index in [2.05, 4.69) is 10.2 Å². The van der Waals surface area contributed by atoms with Crippen LogP contribution in [0.2, 0.25) is 0 Å². The first-order chi connectivity index (χ1) is 9.92. The molecule has 0 saturated carbocycles. The zero-order valence-electron chi connectivity index (χ0n) is 13.6. The maximum atomic E-state index is 12.2. The number of carbonyl (C=O) groups excluding carboxylic acids is 1. The SMILES string of the molecule is CC(C)(C)OC(=O)N1CC2CC1CN2CC1CCNCC1. The number of piperazine rings is 1. The number of nitrogens with one attached hydrogen (secondary N) is 1. The highest BCUT2D eigenvalue weighted by Crippen LogP contribution is 2.33. The number of carbonyl (C=O) groups is 1. The minimum Gasteiger partial charge on any atom is -0.444 e. The number of likely N-dealkylation sites (tertiary alicyclic amines) is 2. The van der Waals surface area contributed by atoms with E-state index in [0.717, 1.165) is 38.5 Å². The molecular weight excluding hydrogens is 266 g/mol. The van der Waals surface area contributed by atoms with Crippen LogP contribution in [0.4, 0.5) is 4.79 Å². The molecule has 3 aliphatic rings. The number of hydrogen-bond acceptors (Lipinski definition) is 4. The second kappa shape index (κ2) is 5.76. The van der Waals surface area contributed by atoms with Gasteiger partial charge in [-0.1, -0.05) is 0 Å². The summed E-state index contributed by atoms with van der Waals surface area (Å²) in [5.41, 5.74) is -0.395. The predicted octanol–water partition coefficient (Wildman–Crippen LogP) is 1.68. The van der Waals surface area contributed by atoms with Crippen LogP contribution in [0.3, 0.4) is 0 Å². The molecule has 0 radical (unpaired) electrons. The fourth-order valence-electron chi connectivity index (χ4n) is 3.91. The molecule has 3 fully saturated rings. The number of amides is 1. The lowest BCUT2D eigenvalue weighted by molar-refractivity contribution is 0.0115. The van der Waals surface area contributed by atoms with E-state index in [1.54, 1.807) is 0 Å². The Hall–Kier alpha value is -0.810. The van der Waals surface area contributed by atoms with Gasteiger partial charge in [-0.15, -0.1) is 0 Å². The normalized spacial score (nSPS) is 30.9. The molecule has 120 valence electrons. The van der Waals surface area contributed by atoms with Crippen molar-refractivity contribution in [1.82, 2.24) is 15.1 Å². The van der Waals surface area contributed by atoms with Crippen LogP contribution < -0.4 is 5.32 Å². The molecule has 0 aromatic rings. The second-order valence-electron chi connectivity index (χ2n) is 7.82. The van der Waals surface area contributed by atoms with Crippen LogP contribution in [-0.2, 0) is 4.74 Å². The lowest BCUT2D eigenvalue weighted by atomic mass is 9.97. The summed E-state index contributed by atoms with van der Waals surface area (Å²) in [7, 11) is 0. The Morgan fingerprint density at radius 3 is 2.48 bits per heavy atom. The monoisotopic (exact) mass is 295 g/mol. The fourth-order valence-corrected chi connectivity index (χ4v) is 3.91. The smallest absolute Gasteiger partial charge is 0.410 e. The van der Waals surface area contributed by atoms with Crippen molar-refractivity contribution in [2.75, 3.05) is 32.7 Å². The second-order valence-corrected chi connectivity index (χ2v) is 7.82. The van der Waals surface area contributed by atoms with Gasteiger partial charge in [-0.3, -0.25) is 4.90 Å². The van der Waals surface area contributed by atoms with E-state index in [1.165, 1.54) is 19.4 Å². The molecule has 0 aromatic carbocycles. The predicted molar refractivity (Wildman–Crippen MR) is 82.3 cm³/mol. The van der Waals surface area contributed by atoms with Crippen LogP contribution in [0.25, 0.3) is 0 Å². The first-order valence-electron chi connectivity index (χ1n) is 8.37. The van der Waals surface area contributed by atoms with Crippen molar-refractivity contribution in [3.05, 3.63) is 0 Å². The van der Waals surface area contributed by atoms with Crippen molar-refractivity contribution in [3.8, 4) is 0 Å². The minimum absolute atomic E-state index is 0.128. The first-order valence-corrected chi connectivity index (χ1v) is 8.37. The van der Waals surface area contributed by atoms with Crippen LogP contribution in [0.15, 0.2) is 0 Å². The van der Waals surface area contributed by atoms with E-state index in [4.69, 9.17) is 4.74 Å². The van der Waals surface area contributed by atoms with E-state index in [1.807, 2.05) is 25.7 Å². The van der Waals surface area contributed by atoms with Crippen LogP contribution >= 0.6 is 0 Å². The molecule has 0 aromatic heterocycles. The zero-order valence-corrected chi connectivity index (χ0v) is 13.6. The summed E-state index contributed by atoms with van der Waals surface area (Å²) in [6.45, 7) is 11.2. The van der Waals surface area contributed by atoms with Crippen LogP contribution in [0.1, 0.15) is 40.0 Å². The molecule has 2 bridgehead atoms. The first kappa shape index (κ1) is 15.1. The third-order valence-corrected chi connectivity index (χ3v) is 4.93. The van der Waals surface area contributed by atoms with Gasteiger partial charge in [0.1, 0.15) is 5.60 Å². The molecule has 3 aliphatic heterocycles. The molecule has 2 unspecified atom stereocenters. The third-order valence-electron chi connectivity index (χ3n) is 4.93. The summed E-state index contributed by atoms with van der Waals surface area (Å²) < 4.78 is 5.52. The number of hydrogen-bond donors (Lipinski definition) is 1. The summed E-state index contributed by atoms with van der Waals surface area (Å²) in [6.07, 6.45) is 3.59. The minimum atomic E-state index is -0.395. The third kappa shape index (κ3) is 3.51. The van der Waals surface area contributed by atoms with Crippen molar-refractivity contribution in [1.29, 1.82) is 0 Å². The van der Waals surface area contributed by atoms with Gasteiger partial charge >= 0.3 is 6.09 Å². The Morgan fingerprint density at radius 1 is 1.19 bits per heavy atom. The summed E-state index contributed by atoms with van der Waals surface area (Å²) in [5, 5.41) is 3.43. The van der Waals surface area contributed by atoms with E-state index in [0.29, 0.717) is 12.1 Å². The molecule has 3 saturated heterocycles.